The maximum atomic E-state index is 12.1. The van der Waals surface area contributed by atoms with Crippen molar-refractivity contribution < 1.29 is 14.3 Å². The molecule has 0 aliphatic carbocycles. The van der Waals surface area contributed by atoms with Gasteiger partial charge in [-0.3, -0.25) is 4.90 Å². The van der Waals surface area contributed by atoms with E-state index in [0.717, 1.165) is 30.7 Å². The summed E-state index contributed by atoms with van der Waals surface area (Å²) >= 11 is 0. The average molecular weight is 346 g/mol. The molecule has 1 amide bonds. The SMILES string of the molecule is CC(C)(C)OC(=O)N1CCN(CCOc2nc3ccccc3[nH]2)CC1. The lowest BCUT2D eigenvalue weighted by Gasteiger charge is -2.35. The first kappa shape index (κ1) is 17.5. The van der Waals surface area contributed by atoms with Crippen LogP contribution in [0.2, 0.25) is 0 Å². The molecule has 1 aliphatic rings. The number of nitrogens with zero attached hydrogens (tertiary/aromatic N) is 3. The molecular formula is C18H26N4O3. The van der Waals surface area contributed by atoms with Crippen LogP contribution in [-0.2, 0) is 4.74 Å². The molecule has 25 heavy (non-hydrogen) atoms. The van der Waals surface area contributed by atoms with Gasteiger partial charge in [-0.2, -0.15) is 4.98 Å². The Balaban J connectivity index is 1.40. The number of nitrogens with one attached hydrogen (secondary N) is 1. The van der Waals surface area contributed by atoms with Crippen LogP contribution in [-0.4, -0.2) is 70.8 Å². The van der Waals surface area contributed by atoms with Crippen LogP contribution >= 0.6 is 0 Å². The van der Waals surface area contributed by atoms with Crippen molar-refractivity contribution >= 4 is 17.1 Å². The van der Waals surface area contributed by atoms with Crippen LogP contribution in [0.4, 0.5) is 4.79 Å². The maximum Gasteiger partial charge on any atom is 0.410 e. The Labute approximate surface area is 147 Å². The molecule has 2 aromatic rings. The molecule has 1 fully saturated rings. The number of hydrogen-bond acceptors (Lipinski definition) is 5. The number of para-hydroxylation sites is 2. The molecule has 1 saturated heterocycles. The molecule has 2 heterocycles. The average Bonchev–Trinajstić information content (AvgIpc) is 2.96. The molecule has 1 aromatic heterocycles. The number of H-pyrrole nitrogens is 1. The number of hydrogen-bond donors (Lipinski definition) is 1. The van der Waals surface area contributed by atoms with Crippen LogP contribution in [0.1, 0.15) is 20.8 Å². The zero-order valence-corrected chi connectivity index (χ0v) is 15.1. The van der Waals surface area contributed by atoms with Crippen molar-refractivity contribution in [3.8, 4) is 6.01 Å². The van der Waals surface area contributed by atoms with Crippen LogP contribution in [0.5, 0.6) is 6.01 Å². The van der Waals surface area contributed by atoms with E-state index in [-0.39, 0.29) is 6.09 Å². The number of ether oxygens (including phenoxy) is 2. The topological polar surface area (TPSA) is 70.7 Å². The van der Waals surface area contributed by atoms with Crippen LogP contribution in [0.15, 0.2) is 24.3 Å². The van der Waals surface area contributed by atoms with E-state index in [1.807, 2.05) is 45.0 Å². The zero-order valence-electron chi connectivity index (χ0n) is 15.1. The van der Waals surface area contributed by atoms with Gasteiger partial charge >= 0.3 is 6.09 Å². The minimum absolute atomic E-state index is 0.231. The van der Waals surface area contributed by atoms with Crippen molar-refractivity contribution in [3.05, 3.63) is 24.3 Å². The van der Waals surface area contributed by atoms with Crippen molar-refractivity contribution in [2.75, 3.05) is 39.3 Å². The predicted octanol–water partition coefficient (Wildman–Crippen LogP) is 2.49. The van der Waals surface area contributed by atoms with Gasteiger partial charge in [0.15, 0.2) is 0 Å². The lowest BCUT2D eigenvalue weighted by Crippen LogP contribution is -2.50. The van der Waals surface area contributed by atoms with E-state index in [4.69, 9.17) is 9.47 Å². The summed E-state index contributed by atoms with van der Waals surface area (Å²) in [4.78, 5) is 23.7. The van der Waals surface area contributed by atoms with Gasteiger partial charge in [0.2, 0.25) is 0 Å². The van der Waals surface area contributed by atoms with Gasteiger partial charge in [-0.1, -0.05) is 12.1 Å². The third-order valence-corrected chi connectivity index (χ3v) is 4.04. The predicted molar refractivity (Wildman–Crippen MR) is 95.8 cm³/mol. The minimum Gasteiger partial charge on any atom is -0.463 e. The number of aromatic amines is 1. The number of imidazole rings is 1. The summed E-state index contributed by atoms with van der Waals surface area (Å²) in [6.45, 7) is 10.0. The number of fused-ring (bicyclic) bond motifs is 1. The Morgan fingerprint density at radius 2 is 1.92 bits per heavy atom. The molecule has 3 rings (SSSR count). The summed E-state index contributed by atoms with van der Waals surface area (Å²) in [5, 5.41) is 0. The molecule has 136 valence electrons. The van der Waals surface area contributed by atoms with Crippen LogP contribution in [0.3, 0.4) is 0 Å². The number of benzene rings is 1. The monoisotopic (exact) mass is 346 g/mol. The standard InChI is InChI=1S/C18H26N4O3/c1-18(2,3)25-17(23)22-10-8-21(9-11-22)12-13-24-16-19-14-6-4-5-7-15(14)20-16/h4-7H,8-13H2,1-3H3,(H,19,20). The highest BCUT2D eigenvalue weighted by Crippen LogP contribution is 2.15. The summed E-state index contributed by atoms with van der Waals surface area (Å²) in [5.74, 6) is 0. The van der Waals surface area contributed by atoms with Crippen molar-refractivity contribution in [3.63, 3.8) is 0 Å². The van der Waals surface area contributed by atoms with E-state index in [1.165, 1.54) is 0 Å². The highest BCUT2D eigenvalue weighted by molar-refractivity contribution is 5.75. The van der Waals surface area contributed by atoms with E-state index in [0.29, 0.717) is 25.7 Å². The molecule has 0 unspecified atom stereocenters. The highest BCUT2D eigenvalue weighted by Gasteiger charge is 2.25. The van der Waals surface area contributed by atoms with Gasteiger partial charge in [0, 0.05) is 32.7 Å². The molecule has 7 nitrogen and oxygen atoms in total. The van der Waals surface area contributed by atoms with Crippen LogP contribution in [0.25, 0.3) is 11.0 Å². The summed E-state index contributed by atoms with van der Waals surface area (Å²) in [7, 11) is 0. The molecule has 0 bridgehead atoms. The van der Waals surface area contributed by atoms with Crippen LogP contribution < -0.4 is 4.74 Å². The Kier molecular flexibility index (Phi) is 5.13. The molecule has 1 N–H and O–H groups in total. The van der Waals surface area contributed by atoms with Gasteiger partial charge in [0.1, 0.15) is 12.2 Å². The van der Waals surface area contributed by atoms with Gasteiger partial charge in [-0.15, -0.1) is 0 Å². The van der Waals surface area contributed by atoms with E-state index in [9.17, 15) is 4.79 Å². The van der Waals surface area contributed by atoms with Gasteiger partial charge < -0.3 is 19.4 Å². The smallest absolute Gasteiger partial charge is 0.410 e. The van der Waals surface area contributed by atoms with E-state index in [1.54, 1.807) is 4.90 Å². The molecule has 1 aromatic carbocycles. The largest absolute Gasteiger partial charge is 0.463 e. The first-order chi connectivity index (χ1) is 11.9. The first-order valence-electron chi connectivity index (χ1n) is 8.68. The molecular weight excluding hydrogens is 320 g/mol. The fraction of sp³-hybridized carbons (Fsp3) is 0.556. The zero-order chi connectivity index (χ0) is 17.9. The highest BCUT2D eigenvalue weighted by atomic mass is 16.6. The normalized spacial score (nSPS) is 16.2. The molecule has 1 aliphatic heterocycles. The fourth-order valence-electron chi connectivity index (χ4n) is 2.75. The van der Waals surface area contributed by atoms with Gasteiger partial charge in [0.25, 0.3) is 6.01 Å². The molecule has 0 radical (unpaired) electrons. The molecule has 0 atom stereocenters. The van der Waals surface area contributed by atoms with Crippen LogP contribution in [0, 0.1) is 0 Å². The molecule has 7 heteroatoms. The number of aromatic nitrogens is 2. The quantitative estimate of drug-likeness (QED) is 0.921. The maximum absolute atomic E-state index is 12.1. The van der Waals surface area contributed by atoms with Crippen molar-refractivity contribution in [2.45, 2.75) is 26.4 Å². The molecule has 0 saturated carbocycles. The Hall–Kier alpha value is -2.28. The Morgan fingerprint density at radius 3 is 2.60 bits per heavy atom. The Bertz CT molecular complexity index is 681. The third kappa shape index (κ3) is 4.85. The number of amides is 1. The van der Waals surface area contributed by atoms with Gasteiger partial charge in [0.05, 0.1) is 11.0 Å². The summed E-state index contributed by atoms with van der Waals surface area (Å²) in [5.41, 5.74) is 1.43. The lowest BCUT2D eigenvalue weighted by atomic mass is 10.2. The first-order valence-corrected chi connectivity index (χ1v) is 8.68. The van der Waals surface area contributed by atoms with E-state index in [2.05, 4.69) is 14.9 Å². The van der Waals surface area contributed by atoms with Crippen molar-refractivity contribution in [1.29, 1.82) is 0 Å². The number of carbonyl (C=O) groups excluding carboxylic acids is 1. The lowest BCUT2D eigenvalue weighted by molar-refractivity contribution is 0.0136. The van der Waals surface area contributed by atoms with Gasteiger partial charge in [-0.05, 0) is 32.9 Å². The second-order valence-corrected chi connectivity index (χ2v) is 7.22. The number of rotatable bonds is 4. The van der Waals surface area contributed by atoms with Crippen molar-refractivity contribution in [1.82, 2.24) is 19.8 Å². The van der Waals surface area contributed by atoms with Crippen molar-refractivity contribution in [2.24, 2.45) is 0 Å². The second kappa shape index (κ2) is 7.31. The summed E-state index contributed by atoms with van der Waals surface area (Å²) in [6, 6.07) is 8.40. The number of piperazine rings is 1. The Morgan fingerprint density at radius 1 is 1.20 bits per heavy atom. The minimum atomic E-state index is -0.450. The number of carbonyl (C=O) groups is 1. The van der Waals surface area contributed by atoms with E-state index < -0.39 is 5.60 Å². The molecule has 0 spiro atoms. The van der Waals surface area contributed by atoms with E-state index >= 15 is 0 Å². The summed E-state index contributed by atoms with van der Waals surface area (Å²) < 4.78 is 11.1. The fourth-order valence-corrected chi connectivity index (χ4v) is 2.75. The second-order valence-electron chi connectivity index (χ2n) is 7.22. The summed E-state index contributed by atoms with van der Waals surface area (Å²) in [6.07, 6.45) is -0.231. The van der Waals surface area contributed by atoms with Gasteiger partial charge in [-0.25, -0.2) is 4.79 Å². The third-order valence-electron chi connectivity index (χ3n) is 4.04.